The molecule has 11 heteroatoms. The number of carboxylic acids is 1. The molecule has 0 aliphatic heterocycles. The van der Waals surface area contributed by atoms with Crippen LogP contribution in [0.4, 0.5) is 0 Å². The SMILES string of the molecule is C=C(CC(NC(=O)CCCCCCCCC)C(=O)NC(CO)C(=O)NC(CC(=O)O)C(=O)NC(C)C)c1ccccc1. The average Bonchev–Trinajstić information content (AvgIpc) is 2.94. The summed E-state index contributed by atoms with van der Waals surface area (Å²) in [6.45, 7) is 8.75. The Labute approximate surface area is 248 Å². The quantitative estimate of drug-likeness (QED) is 0.120. The summed E-state index contributed by atoms with van der Waals surface area (Å²) in [5, 5.41) is 29.1. The molecule has 42 heavy (non-hydrogen) atoms. The molecule has 0 aliphatic carbocycles. The van der Waals surface area contributed by atoms with E-state index in [-0.39, 0.29) is 24.8 Å². The van der Waals surface area contributed by atoms with Crippen molar-refractivity contribution >= 4 is 35.2 Å². The molecule has 1 aromatic rings. The molecule has 1 aromatic carbocycles. The van der Waals surface area contributed by atoms with Gasteiger partial charge in [-0.2, -0.15) is 0 Å². The maximum absolute atomic E-state index is 13.3. The molecule has 0 spiro atoms. The Morgan fingerprint density at radius 2 is 1.26 bits per heavy atom. The minimum atomic E-state index is -1.49. The second-order valence-corrected chi connectivity index (χ2v) is 10.7. The fourth-order valence-electron chi connectivity index (χ4n) is 4.26. The van der Waals surface area contributed by atoms with Crippen LogP contribution in [0.3, 0.4) is 0 Å². The van der Waals surface area contributed by atoms with E-state index >= 15 is 0 Å². The first-order valence-electron chi connectivity index (χ1n) is 14.7. The molecule has 234 valence electrons. The Kier molecular flexibility index (Phi) is 17.5. The zero-order chi connectivity index (χ0) is 31.5. The van der Waals surface area contributed by atoms with Gasteiger partial charge in [-0.05, 0) is 31.4 Å². The lowest BCUT2D eigenvalue weighted by Gasteiger charge is -2.25. The molecule has 1 rings (SSSR count). The van der Waals surface area contributed by atoms with Crippen molar-refractivity contribution in [2.45, 2.75) is 109 Å². The number of amides is 4. The number of aliphatic hydroxyl groups excluding tert-OH is 1. The minimum absolute atomic E-state index is 0.0524. The summed E-state index contributed by atoms with van der Waals surface area (Å²) in [5.74, 6) is -4.01. The van der Waals surface area contributed by atoms with Gasteiger partial charge >= 0.3 is 5.97 Å². The van der Waals surface area contributed by atoms with Crippen molar-refractivity contribution in [2.24, 2.45) is 0 Å². The summed E-state index contributed by atoms with van der Waals surface area (Å²) in [5.41, 5.74) is 1.37. The molecule has 6 N–H and O–H groups in total. The first-order chi connectivity index (χ1) is 20.0. The third-order valence-corrected chi connectivity index (χ3v) is 6.55. The molecular weight excluding hydrogens is 540 g/mol. The predicted molar refractivity (Wildman–Crippen MR) is 161 cm³/mol. The summed E-state index contributed by atoms with van der Waals surface area (Å²) in [6.07, 6.45) is 6.86. The summed E-state index contributed by atoms with van der Waals surface area (Å²) < 4.78 is 0. The van der Waals surface area contributed by atoms with Crippen LogP contribution in [0.1, 0.15) is 90.5 Å². The molecule has 0 fully saturated rings. The number of aliphatic hydroxyl groups is 1. The van der Waals surface area contributed by atoms with Crippen LogP contribution in [0.5, 0.6) is 0 Å². The molecule has 0 saturated heterocycles. The molecule has 0 saturated carbocycles. The molecule has 0 heterocycles. The Morgan fingerprint density at radius 3 is 1.83 bits per heavy atom. The van der Waals surface area contributed by atoms with E-state index in [4.69, 9.17) is 0 Å². The van der Waals surface area contributed by atoms with E-state index in [0.717, 1.165) is 31.2 Å². The third-order valence-electron chi connectivity index (χ3n) is 6.55. The highest BCUT2D eigenvalue weighted by atomic mass is 16.4. The van der Waals surface area contributed by atoms with Crippen LogP contribution in [0, 0.1) is 0 Å². The van der Waals surface area contributed by atoms with Gasteiger partial charge in [0.2, 0.25) is 23.6 Å². The monoisotopic (exact) mass is 588 g/mol. The molecule has 0 aliphatic rings. The van der Waals surface area contributed by atoms with Crippen LogP contribution < -0.4 is 21.3 Å². The molecular formula is C31H48N4O7. The first kappa shape index (κ1) is 36.3. The Balaban J connectivity index is 2.93. The average molecular weight is 589 g/mol. The summed E-state index contributed by atoms with van der Waals surface area (Å²) >= 11 is 0. The van der Waals surface area contributed by atoms with Crippen LogP contribution in [-0.4, -0.2) is 70.6 Å². The molecule has 4 amide bonds. The summed E-state index contributed by atoms with van der Waals surface area (Å²) in [7, 11) is 0. The summed E-state index contributed by atoms with van der Waals surface area (Å²) in [4.78, 5) is 62.6. The van der Waals surface area contributed by atoms with Gasteiger partial charge in [-0.3, -0.25) is 24.0 Å². The Hall–Kier alpha value is -3.73. The molecule has 11 nitrogen and oxygen atoms in total. The van der Waals surface area contributed by atoms with E-state index in [1.54, 1.807) is 13.8 Å². The van der Waals surface area contributed by atoms with E-state index in [2.05, 4.69) is 34.8 Å². The minimum Gasteiger partial charge on any atom is -0.481 e. The molecule has 0 bridgehead atoms. The van der Waals surface area contributed by atoms with Gasteiger partial charge in [0.1, 0.15) is 18.1 Å². The third kappa shape index (κ3) is 14.8. The maximum atomic E-state index is 13.3. The van der Waals surface area contributed by atoms with Crippen molar-refractivity contribution < 1.29 is 34.2 Å². The molecule has 3 atom stereocenters. The second-order valence-electron chi connectivity index (χ2n) is 10.7. The maximum Gasteiger partial charge on any atom is 0.305 e. The van der Waals surface area contributed by atoms with Gasteiger partial charge in [0.05, 0.1) is 13.0 Å². The van der Waals surface area contributed by atoms with Gasteiger partial charge < -0.3 is 31.5 Å². The number of carbonyl (C=O) groups excluding carboxylic acids is 4. The number of carbonyl (C=O) groups is 5. The van der Waals surface area contributed by atoms with Gasteiger partial charge in [-0.1, -0.05) is 82.4 Å². The zero-order valence-corrected chi connectivity index (χ0v) is 25.1. The van der Waals surface area contributed by atoms with Crippen LogP contribution >= 0.6 is 0 Å². The lowest BCUT2D eigenvalue weighted by Crippen LogP contribution is -2.58. The van der Waals surface area contributed by atoms with E-state index in [9.17, 15) is 34.2 Å². The molecule has 0 aromatic heterocycles. The van der Waals surface area contributed by atoms with Crippen LogP contribution in [0.25, 0.3) is 5.57 Å². The van der Waals surface area contributed by atoms with Gasteiger partial charge in [0.15, 0.2) is 0 Å². The number of rotatable bonds is 21. The van der Waals surface area contributed by atoms with Crippen molar-refractivity contribution in [1.82, 2.24) is 21.3 Å². The van der Waals surface area contributed by atoms with Crippen molar-refractivity contribution in [1.29, 1.82) is 0 Å². The van der Waals surface area contributed by atoms with Crippen LogP contribution in [-0.2, 0) is 24.0 Å². The first-order valence-corrected chi connectivity index (χ1v) is 14.7. The van der Waals surface area contributed by atoms with Gasteiger partial charge in [0, 0.05) is 18.9 Å². The summed E-state index contributed by atoms with van der Waals surface area (Å²) in [6, 6.07) is 4.84. The topological polar surface area (TPSA) is 174 Å². The van der Waals surface area contributed by atoms with Crippen molar-refractivity contribution in [3.63, 3.8) is 0 Å². The predicted octanol–water partition coefficient (Wildman–Crippen LogP) is 2.68. The van der Waals surface area contributed by atoms with Gasteiger partial charge in [-0.15, -0.1) is 0 Å². The Morgan fingerprint density at radius 1 is 0.738 bits per heavy atom. The highest BCUT2D eigenvalue weighted by Gasteiger charge is 2.31. The van der Waals surface area contributed by atoms with Crippen LogP contribution in [0.2, 0.25) is 0 Å². The fourth-order valence-corrected chi connectivity index (χ4v) is 4.26. The van der Waals surface area contributed by atoms with Crippen molar-refractivity contribution in [3.05, 3.63) is 42.5 Å². The van der Waals surface area contributed by atoms with Gasteiger partial charge in [-0.25, -0.2) is 0 Å². The molecule has 3 unspecified atom stereocenters. The number of unbranched alkanes of at least 4 members (excludes halogenated alkanes) is 6. The molecule has 0 radical (unpaired) electrons. The highest BCUT2D eigenvalue weighted by molar-refractivity contribution is 5.96. The van der Waals surface area contributed by atoms with Crippen molar-refractivity contribution in [2.75, 3.05) is 6.61 Å². The van der Waals surface area contributed by atoms with Gasteiger partial charge in [0.25, 0.3) is 0 Å². The van der Waals surface area contributed by atoms with E-state index in [1.165, 1.54) is 12.8 Å². The zero-order valence-electron chi connectivity index (χ0n) is 25.1. The van der Waals surface area contributed by atoms with E-state index < -0.39 is 54.8 Å². The lowest BCUT2D eigenvalue weighted by atomic mass is 9.99. The number of nitrogens with one attached hydrogen (secondary N) is 4. The largest absolute Gasteiger partial charge is 0.481 e. The second kappa shape index (κ2) is 20.2. The van der Waals surface area contributed by atoms with E-state index in [1.807, 2.05) is 30.3 Å². The van der Waals surface area contributed by atoms with Crippen molar-refractivity contribution in [3.8, 4) is 0 Å². The lowest BCUT2D eigenvalue weighted by molar-refractivity contribution is -0.141. The van der Waals surface area contributed by atoms with E-state index in [0.29, 0.717) is 12.0 Å². The fraction of sp³-hybridized carbons (Fsp3) is 0.581. The normalized spacial score (nSPS) is 13.0. The number of carboxylic acid groups (broad SMARTS) is 1. The number of hydrogen-bond donors (Lipinski definition) is 6. The Bertz CT molecular complexity index is 1030. The number of hydrogen-bond acceptors (Lipinski definition) is 6. The number of aliphatic carboxylic acids is 1. The highest BCUT2D eigenvalue weighted by Crippen LogP contribution is 2.18. The number of benzene rings is 1. The smallest absolute Gasteiger partial charge is 0.305 e. The van der Waals surface area contributed by atoms with Crippen LogP contribution in [0.15, 0.2) is 36.9 Å². The standard InChI is InChI=1S/C31H48N4O7/c1-5-6-7-8-9-10-14-17-27(37)33-24(18-22(4)23-15-12-11-13-16-23)30(41)35-26(20-36)31(42)34-25(19-28(38)39)29(40)32-21(2)3/h11-13,15-16,21,24-26,36H,4-10,14,17-20H2,1-3H3,(H,32,40)(H,33,37)(H,34,42)(H,35,41)(H,38,39).